The maximum absolute atomic E-state index is 4.76. The summed E-state index contributed by atoms with van der Waals surface area (Å²) in [4.78, 5) is 3.65. The van der Waals surface area contributed by atoms with Crippen molar-refractivity contribution in [1.82, 2.24) is 20.0 Å². The third-order valence-corrected chi connectivity index (χ3v) is 4.69. The number of thioether (sulfide) groups is 1. The van der Waals surface area contributed by atoms with Gasteiger partial charge in [0, 0.05) is 31.1 Å². The molecular formula is C17H24N4S. The van der Waals surface area contributed by atoms with E-state index in [2.05, 4.69) is 58.5 Å². The largest absolute Gasteiger partial charge is 0.311 e. The predicted octanol–water partition coefficient (Wildman–Crippen LogP) is 2.73. The van der Waals surface area contributed by atoms with Crippen LogP contribution in [0.4, 0.5) is 0 Å². The van der Waals surface area contributed by atoms with Crippen molar-refractivity contribution in [1.29, 1.82) is 0 Å². The van der Waals surface area contributed by atoms with Crippen molar-refractivity contribution in [2.45, 2.75) is 37.5 Å². The van der Waals surface area contributed by atoms with Crippen molar-refractivity contribution in [3.8, 4) is 0 Å². The first-order chi connectivity index (χ1) is 10.7. The topological polar surface area (TPSA) is 33.1 Å². The van der Waals surface area contributed by atoms with Gasteiger partial charge < -0.3 is 5.32 Å². The molecule has 0 fully saturated rings. The van der Waals surface area contributed by atoms with E-state index in [1.807, 2.05) is 0 Å². The van der Waals surface area contributed by atoms with Gasteiger partial charge in [-0.2, -0.15) is 5.10 Å². The number of nitrogens with one attached hydrogen (secondary N) is 1. The highest BCUT2D eigenvalue weighted by molar-refractivity contribution is 7.98. The van der Waals surface area contributed by atoms with Crippen LogP contribution in [0, 0.1) is 0 Å². The maximum Gasteiger partial charge on any atom is 0.0768 e. The third-order valence-electron chi connectivity index (χ3n) is 3.96. The number of nitrogens with zero attached hydrogens (tertiary/aromatic N) is 3. The van der Waals surface area contributed by atoms with Gasteiger partial charge in [-0.1, -0.05) is 12.1 Å². The maximum atomic E-state index is 4.76. The van der Waals surface area contributed by atoms with Crippen LogP contribution in [0.25, 0.3) is 0 Å². The summed E-state index contributed by atoms with van der Waals surface area (Å²) in [7, 11) is 2.16. The molecule has 1 N–H and O–H groups in total. The molecule has 1 aliphatic heterocycles. The monoisotopic (exact) mass is 316 g/mol. The molecule has 0 radical (unpaired) electrons. The number of aromatic nitrogens is 2. The smallest absolute Gasteiger partial charge is 0.0768 e. The van der Waals surface area contributed by atoms with Crippen LogP contribution < -0.4 is 5.32 Å². The summed E-state index contributed by atoms with van der Waals surface area (Å²) in [6.07, 6.45) is 3.28. The van der Waals surface area contributed by atoms with Gasteiger partial charge in [0.15, 0.2) is 0 Å². The van der Waals surface area contributed by atoms with E-state index in [0.717, 1.165) is 39.1 Å². The van der Waals surface area contributed by atoms with Crippen LogP contribution >= 0.6 is 11.8 Å². The van der Waals surface area contributed by atoms with Crippen LogP contribution in [0.15, 0.2) is 35.2 Å². The Bertz CT molecular complexity index is 599. The molecule has 1 aliphatic rings. The SMILES string of the molecule is CSc1cccc(CN(C)Cc2cc3n(n2)CCCNC3)c1. The van der Waals surface area contributed by atoms with Crippen molar-refractivity contribution in [2.24, 2.45) is 0 Å². The van der Waals surface area contributed by atoms with Crippen LogP contribution in [-0.4, -0.2) is 34.5 Å². The Labute approximate surface area is 136 Å². The normalized spacial score (nSPS) is 14.9. The molecule has 0 aliphatic carbocycles. The van der Waals surface area contributed by atoms with E-state index in [1.54, 1.807) is 11.8 Å². The number of rotatable bonds is 5. The molecule has 1 aromatic heterocycles. The van der Waals surface area contributed by atoms with Crippen LogP contribution in [0.5, 0.6) is 0 Å². The molecule has 0 spiro atoms. The molecule has 3 rings (SSSR count). The second kappa shape index (κ2) is 7.31. The lowest BCUT2D eigenvalue weighted by Gasteiger charge is -2.15. The summed E-state index contributed by atoms with van der Waals surface area (Å²) in [6.45, 7) is 4.90. The molecule has 4 nitrogen and oxygen atoms in total. The van der Waals surface area contributed by atoms with Gasteiger partial charge in [0.2, 0.25) is 0 Å². The number of hydrogen-bond acceptors (Lipinski definition) is 4. The van der Waals surface area contributed by atoms with Gasteiger partial charge in [-0.25, -0.2) is 0 Å². The lowest BCUT2D eigenvalue weighted by atomic mass is 10.2. The zero-order valence-corrected chi connectivity index (χ0v) is 14.2. The Morgan fingerprint density at radius 3 is 3.09 bits per heavy atom. The second-order valence-electron chi connectivity index (χ2n) is 5.90. The zero-order valence-electron chi connectivity index (χ0n) is 13.4. The molecule has 2 aromatic rings. The van der Waals surface area contributed by atoms with E-state index >= 15 is 0 Å². The summed E-state index contributed by atoms with van der Waals surface area (Å²) >= 11 is 1.79. The first-order valence-corrected chi connectivity index (χ1v) is 9.05. The van der Waals surface area contributed by atoms with Gasteiger partial charge in [-0.15, -0.1) is 11.8 Å². The lowest BCUT2D eigenvalue weighted by Crippen LogP contribution is -2.18. The highest BCUT2D eigenvalue weighted by Gasteiger charge is 2.12. The van der Waals surface area contributed by atoms with Crippen LogP contribution in [0.3, 0.4) is 0 Å². The van der Waals surface area contributed by atoms with Crippen LogP contribution in [-0.2, 0) is 26.2 Å². The van der Waals surface area contributed by atoms with Gasteiger partial charge in [0.25, 0.3) is 0 Å². The predicted molar refractivity (Wildman–Crippen MR) is 91.9 cm³/mol. The van der Waals surface area contributed by atoms with Crippen molar-refractivity contribution in [2.75, 3.05) is 19.8 Å². The quantitative estimate of drug-likeness (QED) is 0.860. The summed E-state index contributed by atoms with van der Waals surface area (Å²) in [5.74, 6) is 0. The molecule has 0 saturated heterocycles. The summed E-state index contributed by atoms with van der Waals surface area (Å²) in [5.41, 5.74) is 3.84. The van der Waals surface area contributed by atoms with E-state index in [9.17, 15) is 0 Å². The van der Waals surface area contributed by atoms with Crippen molar-refractivity contribution >= 4 is 11.8 Å². The van der Waals surface area contributed by atoms with Gasteiger partial charge in [-0.05, 0) is 50.0 Å². The Kier molecular flexibility index (Phi) is 5.18. The summed E-state index contributed by atoms with van der Waals surface area (Å²) in [6, 6.07) is 11.0. The molecule has 0 saturated carbocycles. The number of fused-ring (bicyclic) bond motifs is 1. The molecule has 118 valence electrons. The average molecular weight is 316 g/mol. The van der Waals surface area contributed by atoms with Gasteiger partial charge >= 0.3 is 0 Å². The van der Waals surface area contributed by atoms with Crippen molar-refractivity contribution < 1.29 is 0 Å². The van der Waals surface area contributed by atoms with Crippen LogP contribution in [0.1, 0.15) is 23.4 Å². The average Bonchev–Trinajstić information content (AvgIpc) is 2.75. The first-order valence-electron chi connectivity index (χ1n) is 7.82. The standard InChI is InChI=1S/C17H24N4S/c1-20(12-14-5-3-6-17(9-14)22-2)13-15-10-16-11-18-7-4-8-21(16)19-15/h3,5-6,9-10,18H,4,7-8,11-13H2,1-2H3. The summed E-state index contributed by atoms with van der Waals surface area (Å²) < 4.78 is 2.16. The fourth-order valence-corrected chi connectivity index (χ4v) is 3.40. The highest BCUT2D eigenvalue weighted by Crippen LogP contribution is 2.17. The Morgan fingerprint density at radius 1 is 1.32 bits per heavy atom. The van der Waals surface area contributed by atoms with E-state index in [4.69, 9.17) is 5.10 Å². The third kappa shape index (κ3) is 3.91. The first kappa shape index (κ1) is 15.6. The van der Waals surface area contributed by atoms with E-state index in [-0.39, 0.29) is 0 Å². The lowest BCUT2D eigenvalue weighted by molar-refractivity contribution is 0.313. The molecule has 2 heterocycles. The molecule has 0 atom stereocenters. The molecule has 0 unspecified atom stereocenters. The molecule has 0 amide bonds. The molecule has 1 aromatic carbocycles. The second-order valence-corrected chi connectivity index (χ2v) is 6.78. The minimum atomic E-state index is 0.892. The van der Waals surface area contributed by atoms with E-state index < -0.39 is 0 Å². The van der Waals surface area contributed by atoms with Crippen LogP contribution in [0.2, 0.25) is 0 Å². The zero-order chi connectivity index (χ0) is 15.4. The highest BCUT2D eigenvalue weighted by atomic mass is 32.2. The molecular weight excluding hydrogens is 292 g/mol. The number of hydrogen-bond donors (Lipinski definition) is 1. The molecule has 22 heavy (non-hydrogen) atoms. The Balaban J connectivity index is 1.62. The van der Waals surface area contributed by atoms with Gasteiger partial charge in [0.05, 0.1) is 11.4 Å². The van der Waals surface area contributed by atoms with Crippen molar-refractivity contribution in [3.05, 3.63) is 47.3 Å². The van der Waals surface area contributed by atoms with Gasteiger partial charge in [0.1, 0.15) is 0 Å². The molecule has 5 heteroatoms. The summed E-state index contributed by atoms with van der Waals surface area (Å²) in [5, 5.41) is 8.20. The van der Waals surface area contributed by atoms with Crippen molar-refractivity contribution in [3.63, 3.8) is 0 Å². The number of benzene rings is 1. The Hall–Kier alpha value is -1.30. The number of aryl methyl sites for hydroxylation is 1. The minimum Gasteiger partial charge on any atom is -0.311 e. The van der Waals surface area contributed by atoms with E-state index in [1.165, 1.54) is 21.8 Å². The fourth-order valence-electron chi connectivity index (χ4n) is 2.91. The van der Waals surface area contributed by atoms with E-state index in [0.29, 0.717) is 0 Å². The molecule has 0 bridgehead atoms. The minimum absolute atomic E-state index is 0.892. The van der Waals surface area contributed by atoms with Gasteiger partial charge in [-0.3, -0.25) is 9.58 Å². The Morgan fingerprint density at radius 2 is 2.23 bits per heavy atom. The fraction of sp³-hybridized carbons (Fsp3) is 0.471.